The van der Waals surface area contributed by atoms with Crippen molar-refractivity contribution in [3.05, 3.63) is 72.8 Å². The van der Waals surface area contributed by atoms with Gasteiger partial charge in [-0.2, -0.15) is 0 Å². The molecule has 2 fully saturated rings. The molecule has 2 aliphatic rings. The number of rotatable bonds is 3. The molecule has 126 valence electrons. The Bertz CT molecular complexity index is 880. The Morgan fingerprint density at radius 2 is 1.68 bits per heavy atom. The van der Waals surface area contributed by atoms with Crippen molar-refractivity contribution in [3.63, 3.8) is 0 Å². The molecule has 0 N–H and O–H groups in total. The van der Waals surface area contributed by atoms with Gasteiger partial charge in [0.2, 0.25) is 0 Å². The Morgan fingerprint density at radius 3 is 2.60 bits per heavy atom. The van der Waals surface area contributed by atoms with Crippen LogP contribution in [-0.2, 0) is 0 Å². The summed E-state index contributed by atoms with van der Waals surface area (Å²) in [5.41, 5.74) is 1.27. The smallest absolute Gasteiger partial charge is 0.279 e. The van der Waals surface area contributed by atoms with Crippen molar-refractivity contribution >= 4 is 24.9 Å². The fourth-order valence-corrected chi connectivity index (χ4v) is 6.16. The summed E-state index contributed by atoms with van der Waals surface area (Å²) < 4.78 is 11.7. The Kier molecular flexibility index (Phi) is 3.84. The predicted octanol–water partition coefficient (Wildman–Crippen LogP) is 5.43. The van der Waals surface area contributed by atoms with Crippen molar-refractivity contribution in [2.24, 2.45) is 0 Å². The second-order valence-electron chi connectivity index (χ2n) is 6.70. The minimum atomic E-state index is -0.808. The molecular weight excluding hydrogens is 327 g/mol. The fraction of sp³-hybridized carbons (Fsp3) is 0.238. The van der Waals surface area contributed by atoms with Gasteiger partial charge in [0.1, 0.15) is 5.75 Å². The van der Waals surface area contributed by atoms with Crippen molar-refractivity contribution < 1.29 is 4.52 Å². The van der Waals surface area contributed by atoms with Crippen LogP contribution in [-0.4, -0.2) is 23.8 Å². The first kappa shape index (κ1) is 15.2. The van der Waals surface area contributed by atoms with Crippen molar-refractivity contribution in [2.45, 2.75) is 18.9 Å². The number of benzene rings is 3. The SMILES string of the molecule is c1ccc(N2C[C@@H]3CCCN3P2Oc2cccc3ccccc23)cc1. The summed E-state index contributed by atoms with van der Waals surface area (Å²) in [6, 6.07) is 26.2. The summed E-state index contributed by atoms with van der Waals surface area (Å²) in [5, 5.41) is 2.43. The number of hydrogen-bond acceptors (Lipinski definition) is 3. The van der Waals surface area contributed by atoms with E-state index in [4.69, 9.17) is 4.52 Å². The zero-order valence-electron chi connectivity index (χ0n) is 14.1. The van der Waals surface area contributed by atoms with Crippen LogP contribution in [0.2, 0.25) is 0 Å². The molecule has 25 heavy (non-hydrogen) atoms. The Morgan fingerprint density at radius 1 is 0.880 bits per heavy atom. The average molecular weight is 348 g/mol. The Labute approximate surface area is 149 Å². The van der Waals surface area contributed by atoms with Crippen LogP contribution in [0.15, 0.2) is 72.8 Å². The molecule has 3 nitrogen and oxygen atoms in total. The third kappa shape index (κ3) is 2.68. The molecule has 0 bridgehead atoms. The normalized spacial score (nSPS) is 23.1. The summed E-state index contributed by atoms with van der Waals surface area (Å²) in [5.74, 6) is 0.998. The van der Waals surface area contributed by atoms with E-state index in [0.29, 0.717) is 6.04 Å². The molecule has 0 radical (unpaired) electrons. The van der Waals surface area contributed by atoms with Gasteiger partial charge in [0.05, 0.1) is 0 Å². The molecule has 2 heterocycles. The van der Waals surface area contributed by atoms with Gasteiger partial charge < -0.3 is 9.19 Å². The van der Waals surface area contributed by atoms with Crippen molar-refractivity contribution in [2.75, 3.05) is 17.8 Å². The first-order valence-electron chi connectivity index (χ1n) is 8.95. The lowest BCUT2D eigenvalue weighted by molar-refractivity contribution is 0.433. The highest BCUT2D eigenvalue weighted by atomic mass is 31.2. The zero-order valence-corrected chi connectivity index (χ0v) is 15.0. The van der Waals surface area contributed by atoms with Crippen molar-refractivity contribution in [3.8, 4) is 5.75 Å². The largest absolute Gasteiger partial charge is 0.440 e. The fourth-order valence-electron chi connectivity index (χ4n) is 3.91. The number of anilines is 1. The van der Waals surface area contributed by atoms with E-state index < -0.39 is 8.45 Å². The first-order chi connectivity index (χ1) is 12.4. The van der Waals surface area contributed by atoms with E-state index in [1.807, 2.05) is 0 Å². The van der Waals surface area contributed by atoms with Crippen LogP contribution in [0.4, 0.5) is 5.69 Å². The van der Waals surface area contributed by atoms with Gasteiger partial charge in [-0.25, -0.2) is 4.67 Å². The minimum Gasteiger partial charge on any atom is -0.440 e. The van der Waals surface area contributed by atoms with Crippen LogP contribution in [0.3, 0.4) is 0 Å². The molecule has 0 aliphatic carbocycles. The number of hydrogen-bond donors (Lipinski definition) is 0. The van der Waals surface area contributed by atoms with Crippen molar-refractivity contribution in [1.29, 1.82) is 0 Å². The van der Waals surface area contributed by atoms with E-state index in [0.717, 1.165) is 18.8 Å². The standard InChI is InChI=1S/C21H21N2OP/c1-2-10-18(11-3-1)23-16-19-12-7-15-22(19)25(23)24-21-14-6-9-17-8-4-5-13-20(17)21/h1-6,8-11,13-14,19H,7,12,15-16H2/t19-,25?/m0/s1. The van der Waals surface area contributed by atoms with Crippen molar-refractivity contribution in [1.82, 2.24) is 4.67 Å². The number of nitrogens with zero attached hydrogens (tertiary/aromatic N) is 2. The molecule has 0 spiro atoms. The topological polar surface area (TPSA) is 15.7 Å². The van der Waals surface area contributed by atoms with Gasteiger partial charge >= 0.3 is 0 Å². The molecule has 0 amide bonds. The molecular formula is C21H21N2OP. The summed E-state index contributed by atoms with van der Waals surface area (Å²) in [4.78, 5) is 0. The van der Waals surface area contributed by atoms with Crippen LogP contribution in [0.5, 0.6) is 5.75 Å². The van der Waals surface area contributed by atoms with Gasteiger partial charge in [0.25, 0.3) is 8.45 Å². The number of fused-ring (bicyclic) bond motifs is 2. The summed E-state index contributed by atoms with van der Waals surface area (Å²) in [6.07, 6.45) is 2.56. The van der Waals surface area contributed by atoms with E-state index in [1.165, 1.54) is 29.3 Å². The predicted molar refractivity (Wildman–Crippen MR) is 105 cm³/mol. The maximum atomic E-state index is 6.69. The highest BCUT2D eigenvalue weighted by Crippen LogP contribution is 2.57. The second-order valence-corrected chi connectivity index (χ2v) is 8.38. The molecule has 3 aromatic carbocycles. The van der Waals surface area contributed by atoms with Gasteiger partial charge in [-0.15, -0.1) is 0 Å². The van der Waals surface area contributed by atoms with Gasteiger partial charge in [0, 0.05) is 30.2 Å². The van der Waals surface area contributed by atoms with Gasteiger partial charge in [0.15, 0.2) is 0 Å². The lowest BCUT2D eigenvalue weighted by atomic mass is 10.1. The maximum absolute atomic E-state index is 6.69. The van der Waals surface area contributed by atoms with Gasteiger partial charge in [-0.1, -0.05) is 54.6 Å². The highest BCUT2D eigenvalue weighted by Gasteiger charge is 2.45. The molecule has 0 saturated carbocycles. The monoisotopic (exact) mass is 348 g/mol. The maximum Gasteiger partial charge on any atom is 0.279 e. The van der Waals surface area contributed by atoms with E-state index in [2.05, 4.69) is 82.1 Å². The molecule has 3 aromatic rings. The van der Waals surface area contributed by atoms with Gasteiger partial charge in [-0.05, 0) is 36.4 Å². The zero-order chi connectivity index (χ0) is 16.6. The average Bonchev–Trinajstić information content (AvgIpc) is 3.25. The molecule has 2 saturated heterocycles. The van der Waals surface area contributed by atoms with E-state index in [9.17, 15) is 0 Å². The molecule has 2 aliphatic heterocycles. The molecule has 2 atom stereocenters. The minimum absolute atomic E-state index is 0.626. The summed E-state index contributed by atoms with van der Waals surface area (Å²) in [7, 11) is -0.808. The van der Waals surface area contributed by atoms with Crippen LogP contribution in [0, 0.1) is 0 Å². The van der Waals surface area contributed by atoms with Crippen LogP contribution in [0.1, 0.15) is 12.8 Å². The molecule has 0 aromatic heterocycles. The third-order valence-corrected chi connectivity index (χ3v) is 7.27. The van der Waals surface area contributed by atoms with E-state index in [1.54, 1.807) is 0 Å². The summed E-state index contributed by atoms with van der Waals surface area (Å²) >= 11 is 0. The third-order valence-electron chi connectivity index (χ3n) is 5.14. The Hall–Kier alpha value is -2.09. The first-order valence-corrected chi connectivity index (χ1v) is 10.1. The van der Waals surface area contributed by atoms with Gasteiger partial charge in [-0.3, -0.25) is 0 Å². The number of para-hydroxylation sites is 1. The van der Waals surface area contributed by atoms with E-state index in [-0.39, 0.29) is 0 Å². The lowest BCUT2D eigenvalue weighted by Crippen LogP contribution is -2.20. The highest BCUT2D eigenvalue weighted by molar-refractivity contribution is 7.52. The molecule has 1 unspecified atom stereocenters. The second kappa shape index (κ2) is 6.33. The molecule has 5 rings (SSSR count). The quantitative estimate of drug-likeness (QED) is 0.587. The lowest BCUT2D eigenvalue weighted by Gasteiger charge is -2.29. The van der Waals surface area contributed by atoms with E-state index >= 15 is 0 Å². The Balaban J connectivity index is 1.53. The van der Waals surface area contributed by atoms with Crippen LogP contribution in [0.25, 0.3) is 10.8 Å². The van der Waals surface area contributed by atoms with Crippen LogP contribution < -0.4 is 9.19 Å². The summed E-state index contributed by atoms with van der Waals surface area (Å²) in [6.45, 7) is 2.21. The van der Waals surface area contributed by atoms with Crippen LogP contribution >= 0.6 is 8.45 Å². The molecule has 4 heteroatoms.